The predicted octanol–water partition coefficient (Wildman–Crippen LogP) is 0.878. The molecule has 2 saturated heterocycles. The van der Waals surface area contributed by atoms with Crippen LogP contribution in [0.5, 0.6) is 0 Å². The number of hydrogen-bond acceptors (Lipinski definition) is 5. The molecule has 2 aliphatic heterocycles. The zero-order valence-corrected chi connectivity index (χ0v) is 11.4. The molecule has 106 valence electrons. The van der Waals surface area contributed by atoms with Crippen molar-refractivity contribution in [2.45, 2.75) is 25.0 Å². The third kappa shape index (κ3) is 4.17. The van der Waals surface area contributed by atoms with Crippen molar-refractivity contribution in [2.24, 2.45) is 0 Å². The lowest BCUT2D eigenvalue weighted by Crippen LogP contribution is -2.49. The summed E-state index contributed by atoms with van der Waals surface area (Å²) in [5.74, 6) is -0.296. The van der Waals surface area contributed by atoms with Gasteiger partial charge in [0, 0.05) is 26.7 Å². The van der Waals surface area contributed by atoms with E-state index in [1.54, 1.807) is 7.11 Å². The molecule has 0 bridgehead atoms. The van der Waals surface area contributed by atoms with Gasteiger partial charge in [-0.05, 0) is 19.4 Å². The zero-order chi connectivity index (χ0) is 12.7. The number of piperidine rings is 1. The predicted molar refractivity (Wildman–Crippen MR) is 67.6 cm³/mol. The molecule has 1 spiro atoms. The Balaban J connectivity index is 1.58. The lowest BCUT2D eigenvalue weighted by atomic mass is 10.0. The van der Waals surface area contributed by atoms with Crippen molar-refractivity contribution in [1.82, 2.24) is 4.90 Å². The maximum absolute atomic E-state index is 5.76. The third-order valence-electron chi connectivity index (χ3n) is 3.50. The Labute approximate surface area is 109 Å². The van der Waals surface area contributed by atoms with Gasteiger partial charge in [0.05, 0.1) is 33.0 Å². The van der Waals surface area contributed by atoms with Crippen LogP contribution in [0, 0.1) is 0 Å². The van der Waals surface area contributed by atoms with E-state index in [-0.39, 0.29) is 5.79 Å². The van der Waals surface area contributed by atoms with Gasteiger partial charge in [-0.2, -0.15) is 0 Å². The minimum Gasteiger partial charge on any atom is -0.382 e. The highest BCUT2D eigenvalue weighted by molar-refractivity contribution is 4.83. The molecular formula is C13H25NO4. The fraction of sp³-hybridized carbons (Fsp3) is 1.00. The van der Waals surface area contributed by atoms with E-state index in [2.05, 4.69) is 4.90 Å². The first-order valence-electron chi connectivity index (χ1n) is 6.92. The summed E-state index contributed by atoms with van der Waals surface area (Å²) in [7, 11) is 1.69. The van der Waals surface area contributed by atoms with Gasteiger partial charge in [0.25, 0.3) is 0 Å². The second kappa shape index (κ2) is 7.40. The molecule has 0 atom stereocenters. The van der Waals surface area contributed by atoms with Crippen LogP contribution in [0.4, 0.5) is 0 Å². The molecule has 5 heteroatoms. The summed E-state index contributed by atoms with van der Waals surface area (Å²) in [4.78, 5) is 2.43. The van der Waals surface area contributed by atoms with Gasteiger partial charge in [-0.1, -0.05) is 0 Å². The highest BCUT2D eigenvalue weighted by Gasteiger charge is 2.40. The van der Waals surface area contributed by atoms with E-state index in [1.807, 2.05) is 0 Å². The van der Waals surface area contributed by atoms with E-state index in [0.29, 0.717) is 13.2 Å². The molecule has 18 heavy (non-hydrogen) atoms. The van der Waals surface area contributed by atoms with E-state index in [4.69, 9.17) is 18.9 Å². The van der Waals surface area contributed by atoms with Gasteiger partial charge < -0.3 is 18.9 Å². The highest BCUT2D eigenvalue weighted by atomic mass is 16.7. The van der Waals surface area contributed by atoms with Crippen LogP contribution in [0.25, 0.3) is 0 Å². The Morgan fingerprint density at radius 2 is 2.00 bits per heavy atom. The van der Waals surface area contributed by atoms with Crippen LogP contribution in [0.2, 0.25) is 0 Å². The highest BCUT2D eigenvalue weighted by Crippen LogP contribution is 2.29. The molecule has 2 aliphatic rings. The molecule has 0 saturated carbocycles. The van der Waals surface area contributed by atoms with Crippen LogP contribution in [0.3, 0.4) is 0 Å². The zero-order valence-electron chi connectivity index (χ0n) is 11.4. The molecule has 0 amide bonds. The van der Waals surface area contributed by atoms with Crippen LogP contribution in [-0.2, 0) is 18.9 Å². The first-order valence-corrected chi connectivity index (χ1v) is 6.92. The summed E-state index contributed by atoms with van der Waals surface area (Å²) >= 11 is 0. The summed E-state index contributed by atoms with van der Waals surface area (Å²) in [6.45, 7) is 6.76. The largest absolute Gasteiger partial charge is 0.382 e. The summed E-state index contributed by atoms with van der Waals surface area (Å²) in [5, 5.41) is 0. The van der Waals surface area contributed by atoms with E-state index < -0.39 is 0 Å². The maximum Gasteiger partial charge on any atom is 0.181 e. The van der Waals surface area contributed by atoms with Gasteiger partial charge in [0.1, 0.15) is 0 Å². The molecule has 0 aromatic heterocycles. The average molecular weight is 259 g/mol. The number of rotatable bonds is 7. The van der Waals surface area contributed by atoms with Crippen molar-refractivity contribution in [3.63, 3.8) is 0 Å². The van der Waals surface area contributed by atoms with Gasteiger partial charge in [-0.3, -0.25) is 4.90 Å². The van der Waals surface area contributed by atoms with Gasteiger partial charge in [0.2, 0.25) is 0 Å². The first-order chi connectivity index (χ1) is 8.85. The fourth-order valence-corrected chi connectivity index (χ4v) is 2.63. The Morgan fingerprint density at radius 1 is 1.17 bits per heavy atom. The van der Waals surface area contributed by atoms with Crippen LogP contribution in [-0.4, -0.2) is 70.5 Å². The van der Waals surface area contributed by atoms with Crippen LogP contribution < -0.4 is 0 Å². The molecule has 0 aliphatic carbocycles. The van der Waals surface area contributed by atoms with Crippen molar-refractivity contribution >= 4 is 0 Å². The Kier molecular flexibility index (Phi) is 5.85. The molecule has 0 N–H and O–H groups in total. The van der Waals surface area contributed by atoms with Crippen molar-refractivity contribution in [3.8, 4) is 0 Å². The average Bonchev–Trinajstić information content (AvgIpc) is 2.82. The number of methoxy groups -OCH3 is 1. The second-order valence-corrected chi connectivity index (χ2v) is 4.95. The van der Waals surface area contributed by atoms with E-state index >= 15 is 0 Å². The van der Waals surface area contributed by atoms with Crippen molar-refractivity contribution < 1.29 is 18.9 Å². The summed E-state index contributed by atoms with van der Waals surface area (Å²) in [6.07, 6.45) is 3.25. The number of hydrogen-bond donors (Lipinski definition) is 0. The quantitative estimate of drug-likeness (QED) is 0.635. The van der Waals surface area contributed by atoms with Gasteiger partial charge >= 0.3 is 0 Å². The standard InChI is InChI=1S/C13H25NO4/c1-15-8-9-16-7-3-6-14-5-2-4-13(12-14)17-10-11-18-13/h2-12H2,1H3. The SMILES string of the molecule is COCCOCCCN1CCCC2(C1)OCCO2. The molecule has 0 radical (unpaired) electrons. The van der Waals surface area contributed by atoms with Crippen LogP contribution in [0.1, 0.15) is 19.3 Å². The maximum atomic E-state index is 5.76. The van der Waals surface area contributed by atoms with Gasteiger partial charge in [-0.25, -0.2) is 0 Å². The summed E-state index contributed by atoms with van der Waals surface area (Å²) < 4.78 is 21.9. The molecule has 0 aromatic rings. The minimum atomic E-state index is -0.296. The van der Waals surface area contributed by atoms with Crippen molar-refractivity contribution in [2.75, 3.05) is 59.8 Å². The Bertz CT molecular complexity index is 231. The van der Waals surface area contributed by atoms with Gasteiger partial charge in [0.15, 0.2) is 5.79 Å². The van der Waals surface area contributed by atoms with Crippen molar-refractivity contribution in [3.05, 3.63) is 0 Å². The minimum absolute atomic E-state index is 0.296. The molecule has 2 rings (SSSR count). The third-order valence-corrected chi connectivity index (χ3v) is 3.50. The van der Waals surface area contributed by atoms with E-state index in [0.717, 1.165) is 58.7 Å². The fourth-order valence-electron chi connectivity index (χ4n) is 2.63. The normalized spacial score (nSPS) is 23.8. The van der Waals surface area contributed by atoms with Crippen molar-refractivity contribution in [1.29, 1.82) is 0 Å². The monoisotopic (exact) mass is 259 g/mol. The lowest BCUT2D eigenvalue weighted by molar-refractivity contribution is -0.189. The molecule has 2 heterocycles. The molecular weight excluding hydrogens is 234 g/mol. The molecule has 0 aromatic carbocycles. The van der Waals surface area contributed by atoms with Crippen LogP contribution in [0.15, 0.2) is 0 Å². The lowest BCUT2D eigenvalue weighted by Gasteiger charge is -2.38. The van der Waals surface area contributed by atoms with Crippen LogP contribution >= 0.6 is 0 Å². The second-order valence-electron chi connectivity index (χ2n) is 4.95. The van der Waals surface area contributed by atoms with E-state index in [1.165, 1.54) is 0 Å². The summed E-state index contributed by atoms with van der Waals surface area (Å²) in [6, 6.07) is 0. The van der Waals surface area contributed by atoms with E-state index in [9.17, 15) is 0 Å². The smallest absolute Gasteiger partial charge is 0.181 e. The Morgan fingerprint density at radius 3 is 2.78 bits per heavy atom. The van der Waals surface area contributed by atoms with Gasteiger partial charge in [-0.15, -0.1) is 0 Å². The summed E-state index contributed by atoms with van der Waals surface area (Å²) in [5.41, 5.74) is 0. The molecule has 2 fully saturated rings. The topological polar surface area (TPSA) is 40.2 Å². The molecule has 5 nitrogen and oxygen atoms in total. The first kappa shape index (κ1) is 14.2. The Hall–Kier alpha value is -0.200. The number of ether oxygens (including phenoxy) is 4. The number of nitrogens with zero attached hydrogens (tertiary/aromatic N) is 1. The molecule has 0 unspecified atom stereocenters. The number of likely N-dealkylation sites (tertiary alicyclic amines) is 1.